The van der Waals surface area contributed by atoms with Crippen LogP contribution in [0, 0.1) is 13.8 Å². The summed E-state index contributed by atoms with van der Waals surface area (Å²) in [7, 11) is 0. The van der Waals surface area contributed by atoms with Crippen molar-refractivity contribution in [1.29, 1.82) is 0 Å². The van der Waals surface area contributed by atoms with Crippen molar-refractivity contribution in [3.8, 4) is 0 Å². The number of fused-ring (bicyclic) bond motifs is 1. The van der Waals surface area contributed by atoms with Gasteiger partial charge >= 0.3 is 0 Å². The second-order valence-corrected chi connectivity index (χ2v) is 5.28. The van der Waals surface area contributed by atoms with Crippen LogP contribution in [0.3, 0.4) is 0 Å². The Bertz CT molecular complexity index is 664. The molecule has 0 saturated carbocycles. The number of hydrogen-bond acceptors (Lipinski definition) is 4. The third-order valence-corrected chi connectivity index (χ3v) is 4.00. The predicted octanol–water partition coefficient (Wildman–Crippen LogP) is 4.12. The maximum atomic E-state index is 5.15. The quantitative estimate of drug-likeness (QED) is 0.768. The summed E-state index contributed by atoms with van der Waals surface area (Å²) < 4.78 is 6.47. The number of nitrogens with one attached hydrogen (secondary N) is 1. The first-order valence-electron chi connectivity index (χ1n) is 5.87. The molecule has 1 aromatic carbocycles. The van der Waals surface area contributed by atoms with E-state index in [-0.39, 0.29) is 0 Å². The second-order valence-electron chi connectivity index (χ2n) is 4.33. The van der Waals surface area contributed by atoms with E-state index in [4.69, 9.17) is 4.52 Å². The lowest BCUT2D eigenvalue weighted by Gasteiger charge is -2.06. The third kappa shape index (κ3) is 1.99. The smallest absolute Gasteiger partial charge is 0.138 e. The monoisotopic (exact) mass is 258 g/mol. The van der Waals surface area contributed by atoms with E-state index >= 15 is 0 Å². The fourth-order valence-corrected chi connectivity index (χ4v) is 2.79. The normalized spacial score (nSPS) is 11.0. The molecule has 3 aromatic rings. The lowest BCUT2D eigenvalue weighted by atomic mass is 10.2. The van der Waals surface area contributed by atoms with Crippen LogP contribution in [0.2, 0.25) is 0 Å². The van der Waals surface area contributed by atoms with E-state index in [0.29, 0.717) is 0 Å². The maximum Gasteiger partial charge on any atom is 0.138 e. The van der Waals surface area contributed by atoms with Crippen LogP contribution in [0.15, 0.2) is 34.2 Å². The number of benzene rings is 1. The zero-order valence-electron chi connectivity index (χ0n) is 10.4. The number of thiophene rings is 1. The average Bonchev–Trinajstić information content (AvgIpc) is 2.94. The minimum Gasteiger partial charge on any atom is -0.381 e. The van der Waals surface area contributed by atoms with Crippen molar-refractivity contribution in [2.75, 3.05) is 5.32 Å². The number of nitrogens with zero attached hydrogens (tertiary/aromatic N) is 1. The summed E-state index contributed by atoms with van der Waals surface area (Å²) in [6.07, 6.45) is 0. The summed E-state index contributed by atoms with van der Waals surface area (Å²) >= 11 is 1.76. The second kappa shape index (κ2) is 4.46. The van der Waals surface area contributed by atoms with Gasteiger partial charge in [0, 0.05) is 22.5 Å². The Kier molecular flexibility index (Phi) is 2.80. The van der Waals surface area contributed by atoms with Crippen LogP contribution in [0.5, 0.6) is 0 Å². The molecule has 4 heteroatoms. The largest absolute Gasteiger partial charge is 0.381 e. The van der Waals surface area contributed by atoms with Gasteiger partial charge < -0.3 is 9.84 Å². The van der Waals surface area contributed by atoms with Gasteiger partial charge in [0.25, 0.3) is 0 Å². The molecule has 0 aliphatic heterocycles. The van der Waals surface area contributed by atoms with Crippen molar-refractivity contribution >= 4 is 27.1 Å². The summed E-state index contributed by atoms with van der Waals surface area (Å²) in [5.74, 6) is 0.886. The molecular weight excluding hydrogens is 244 g/mol. The first kappa shape index (κ1) is 11.3. The molecule has 92 valence electrons. The highest BCUT2D eigenvalue weighted by molar-refractivity contribution is 7.17. The molecular formula is C14H14N2OS. The van der Waals surface area contributed by atoms with E-state index < -0.39 is 0 Å². The van der Waals surface area contributed by atoms with Gasteiger partial charge in [-0.3, -0.25) is 0 Å². The summed E-state index contributed by atoms with van der Waals surface area (Å²) in [4.78, 5) is 0. The molecule has 0 spiro atoms. The number of aromatic nitrogens is 1. The highest BCUT2D eigenvalue weighted by atomic mass is 32.1. The Balaban J connectivity index is 1.80. The van der Waals surface area contributed by atoms with E-state index in [0.717, 1.165) is 29.2 Å². The van der Waals surface area contributed by atoms with Crippen LogP contribution < -0.4 is 5.32 Å². The number of hydrogen-bond donors (Lipinski definition) is 1. The van der Waals surface area contributed by atoms with Gasteiger partial charge in [0.2, 0.25) is 0 Å². The molecule has 0 atom stereocenters. The molecule has 0 unspecified atom stereocenters. The number of rotatable bonds is 3. The molecule has 0 amide bonds. The van der Waals surface area contributed by atoms with Gasteiger partial charge in [-0.1, -0.05) is 5.16 Å². The fourth-order valence-electron chi connectivity index (χ4n) is 2.02. The lowest BCUT2D eigenvalue weighted by molar-refractivity contribution is 0.392. The first-order valence-corrected chi connectivity index (χ1v) is 6.75. The molecule has 0 saturated heterocycles. The molecule has 0 aliphatic carbocycles. The van der Waals surface area contributed by atoms with Crippen LogP contribution in [0.25, 0.3) is 10.1 Å². The Morgan fingerprint density at radius 1 is 1.28 bits per heavy atom. The van der Waals surface area contributed by atoms with Crippen LogP contribution in [-0.4, -0.2) is 5.16 Å². The van der Waals surface area contributed by atoms with Crippen molar-refractivity contribution < 1.29 is 4.52 Å². The zero-order valence-corrected chi connectivity index (χ0v) is 11.2. The van der Waals surface area contributed by atoms with Crippen LogP contribution in [0.4, 0.5) is 5.69 Å². The SMILES string of the molecule is Cc1noc(C)c1CNc1ccc2sccc2c1. The highest BCUT2D eigenvalue weighted by Crippen LogP contribution is 2.24. The highest BCUT2D eigenvalue weighted by Gasteiger charge is 2.08. The van der Waals surface area contributed by atoms with Crippen molar-refractivity contribution in [2.24, 2.45) is 0 Å². The molecule has 3 nitrogen and oxygen atoms in total. The fraction of sp³-hybridized carbons (Fsp3) is 0.214. The standard InChI is InChI=1S/C14H14N2OS/c1-9-13(10(2)17-16-9)8-15-12-3-4-14-11(7-12)5-6-18-14/h3-7,15H,8H2,1-2H3. The molecule has 2 aromatic heterocycles. The van der Waals surface area contributed by atoms with E-state index in [1.807, 2.05) is 13.8 Å². The summed E-state index contributed by atoms with van der Waals surface area (Å²) in [5, 5.41) is 10.8. The molecule has 3 rings (SSSR count). The molecule has 2 heterocycles. The van der Waals surface area contributed by atoms with Crippen molar-refractivity contribution in [1.82, 2.24) is 5.16 Å². The molecule has 0 bridgehead atoms. The van der Waals surface area contributed by atoms with Crippen LogP contribution in [0.1, 0.15) is 17.0 Å². The van der Waals surface area contributed by atoms with E-state index in [2.05, 4.69) is 40.1 Å². The minimum atomic E-state index is 0.747. The van der Waals surface area contributed by atoms with Gasteiger partial charge in [-0.25, -0.2) is 0 Å². The number of aryl methyl sites for hydroxylation is 2. The van der Waals surface area contributed by atoms with Crippen molar-refractivity contribution in [3.63, 3.8) is 0 Å². The Morgan fingerprint density at radius 2 is 2.17 bits per heavy atom. The molecule has 18 heavy (non-hydrogen) atoms. The molecule has 0 fully saturated rings. The van der Waals surface area contributed by atoms with E-state index in [1.54, 1.807) is 11.3 Å². The predicted molar refractivity (Wildman–Crippen MR) is 75.1 cm³/mol. The van der Waals surface area contributed by atoms with Gasteiger partial charge in [0.1, 0.15) is 5.76 Å². The molecule has 1 N–H and O–H groups in total. The molecule has 0 radical (unpaired) electrons. The summed E-state index contributed by atoms with van der Waals surface area (Å²) in [6.45, 7) is 4.66. The first-order chi connectivity index (χ1) is 8.74. The van der Waals surface area contributed by atoms with Gasteiger partial charge in [-0.15, -0.1) is 11.3 Å². The topological polar surface area (TPSA) is 38.1 Å². The van der Waals surface area contributed by atoms with Crippen molar-refractivity contribution in [2.45, 2.75) is 20.4 Å². The third-order valence-electron chi connectivity index (χ3n) is 3.10. The van der Waals surface area contributed by atoms with E-state index in [1.165, 1.54) is 10.1 Å². The van der Waals surface area contributed by atoms with Gasteiger partial charge in [-0.2, -0.15) is 0 Å². The Hall–Kier alpha value is -1.81. The molecule has 0 aliphatic rings. The average molecular weight is 258 g/mol. The van der Waals surface area contributed by atoms with Gasteiger partial charge in [0.15, 0.2) is 0 Å². The van der Waals surface area contributed by atoms with Gasteiger partial charge in [0.05, 0.1) is 5.69 Å². The Morgan fingerprint density at radius 3 is 2.94 bits per heavy atom. The van der Waals surface area contributed by atoms with Crippen LogP contribution in [-0.2, 0) is 6.54 Å². The summed E-state index contributed by atoms with van der Waals surface area (Å²) in [5.41, 5.74) is 3.22. The van der Waals surface area contributed by atoms with Crippen LogP contribution >= 0.6 is 11.3 Å². The minimum absolute atomic E-state index is 0.747. The summed E-state index contributed by atoms with van der Waals surface area (Å²) in [6, 6.07) is 8.57. The maximum absolute atomic E-state index is 5.15. The van der Waals surface area contributed by atoms with E-state index in [9.17, 15) is 0 Å². The Labute approximate surface area is 109 Å². The zero-order chi connectivity index (χ0) is 12.5. The lowest BCUT2D eigenvalue weighted by Crippen LogP contribution is -2.01. The number of anilines is 1. The van der Waals surface area contributed by atoms with Gasteiger partial charge in [-0.05, 0) is 48.9 Å². The van der Waals surface area contributed by atoms with Crippen molar-refractivity contribution in [3.05, 3.63) is 46.7 Å².